The number of nitrogens with one attached hydrogen (secondary N) is 1. The second kappa shape index (κ2) is 12.7. The highest BCUT2D eigenvalue weighted by Gasteiger charge is 2.71. The van der Waals surface area contributed by atoms with Crippen LogP contribution in [0.25, 0.3) is 0 Å². The number of carboxylic acids is 1. The number of hydrogen-bond donors (Lipinski definition) is 3. The van der Waals surface area contributed by atoms with Gasteiger partial charge in [-0.2, -0.15) is 0 Å². The molecule has 12 heteroatoms. The second-order valence-corrected chi connectivity index (χ2v) is 13.5. The molecule has 1 aliphatic heterocycles. The van der Waals surface area contributed by atoms with Crippen LogP contribution >= 0.6 is 0 Å². The first-order valence-corrected chi connectivity index (χ1v) is 15.9. The predicted molar refractivity (Wildman–Crippen MR) is 162 cm³/mol. The summed E-state index contributed by atoms with van der Waals surface area (Å²) in [5.41, 5.74) is 0.0622. The first kappa shape index (κ1) is 33.4. The highest BCUT2D eigenvalue weighted by molar-refractivity contribution is 5.90. The standard InChI is InChI=1S/C34H43NO11/c1-17(2)13-23(31(39)40)35-30(38)19(4)44-32(41)21(14-18(3)36)16-26(37)45-25-10-12-34(42)22-7-6-11-33(34)27-20(15-22)8-9-24(43-5)28(27)46-29(25)33/h8-10,17,19,21-23,29,42H,6-7,11-16H2,1-5H3,(H,35,38)(H,39,40)/t19-,21-,22-,23-,29+,33+,34-/m0/s1. The minimum absolute atomic E-state index is 0.0107. The molecule has 0 unspecified atom stereocenters. The zero-order valence-electron chi connectivity index (χ0n) is 26.9. The van der Waals surface area contributed by atoms with Gasteiger partial charge in [-0.1, -0.05) is 26.3 Å². The number of esters is 2. The van der Waals surface area contributed by atoms with Gasteiger partial charge >= 0.3 is 17.9 Å². The summed E-state index contributed by atoms with van der Waals surface area (Å²) in [5, 5.41) is 24.0. The van der Waals surface area contributed by atoms with Gasteiger partial charge in [0.2, 0.25) is 0 Å². The molecule has 4 aliphatic rings. The highest BCUT2D eigenvalue weighted by Crippen LogP contribution is 2.67. The normalized spacial score (nSPS) is 27.2. The van der Waals surface area contributed by atoms with Gasteiger partial charge in [0.15, 0.2) is 23.7 Å². The summed E-state index contributed by atoms with van der Waals surface area (Å²) in [6.45, 7) is 6.18. The van der Waals surface area contributed by atoms with Gasteiger partial charge in [0.1, 0.15) is 17.6 Å². The molecule has 2 bridgehead atoms. The van der Waals surface area contributed by atoms with Gasteiger partial charge in [-0.25, -0.2) is 4.79 Å². The lowest BCUT2D eigenvalue weighted by atomic mass is 9.47. The molecule has 0 saturated heterocycles. The first-order chi connectivity index (χ1) is 21.7. The molecule has 250 valence electrons. The van der Waals surface area contributed by atoms with Crippen molar-refractivity contribution in [2.75, 3.05) is 7.11 Å². The summed E-state index contributed by atoms with van der Waals surface area (Å²) in [4.78, 5) is 62.8. The number of ether oxygens (including phenoxy) is 4. The van der Waals surface area contributed by atoms with E-state index in [0.29, 0.717) is 24.3 Å². The lowest BCUT2D eigenvalue weighted by Crippen LogP contribution is -2.67. The van der Waals surface area contributed by atoms with E-state index in [0.717, 1.165) is 24.0 Å². The summed E-state index contributed by atoms with van der Waals surface area (Å²) >= 11 is 0. The molecule has 1 aromatic rings. The molecule has 1 spiro atoms. The molecular weight excluding hydrogens is 598 g/mol. The van der Waals surface area contributed by atoms with E-state index < -0.39 is 65.4 Å². The van der Waals surface area contributed by atoms with Crippen molar-refractivity contribution in [1.82, 2.24) is 5.32 Å². The lowest BCUT2D eigenvalue weighted by Gasteiger charge is -2.59. The Balaban J connectivity index is 1.31. The van der Waals surface area contributed by atoms with Gasteiger partial charge in [-0.15, -0.1) is 0 Å². The average molecular weight is 642 g/mol. The van der Waals surface area contributed by atoms with Crippen molar-refractivity contribution in [3.05, 3.63) is 35.1 Å². The van der Waals surface area contributed by atoms with Crippen LogP contribution in [0.1, 0.15) is 83.8 Å². The van der Waals surface area contributed by atoms with Gasteiger partial charge in [-0.3, -0.25) is 14.4 Å². The summed E-state index contributed by atoms with van der Waals surface area (Å²) < 4.78 is 23.3. The number of ketones is 1. The topological polar surface area (TPSA) is 175 Å². The minimum atomic E-state index is -1.37. The molecule has 3 aliphatic carbocycles. The van der Waals surface area contributed by atoms with Crippen LogP contribution in [0.15, 0.2) is 24.0 Å². The Bertz CT molecular complexity index is 1470. The molecule has 12 nitrogen and oxygen atoms in total. The molecule has 5 rings (SSSR count). The van der Waals surface area contributed by atoms with Gasteiger partial charge in [0.25, 0.3) is 5.91 Å². The third-order valence-corrected chi connectivity index (χ3v) is 9.96. The van der Waals surface area contributed by atoms with E-state index >= 15 is 0 Å². The number of benzene rings is 1. The van der Waals surface area contributed by atoms with Crippen LogP contribution < -0.4 is 14.8 Å². The largest absolute Gasteiger partial charge is 0.493 e. The molecule has 0 aromatic heterocycles. The maximum absolute atomic E-state index is 13.4. The van der Waals surface area contributed by atoms with E-state index in [4.69, 9.17) is 18.9 Å². The maximum Gasteiger partial charge on any atom is 0.326 e. The number of methoxy groups -OCH3 is 1. The fourth-order valence-electron chi connectivity index (χ4n) is 7.95. The van der Waals surface area contributed by atoms with Crippen molar-refractivity contribution in [3.8, 4) is 11.5 Å². The Hall–Kier alpha value is -3.93. The average Bonchev–Trinajstić information content (AvgIpc) is 3.32. The van der Waals surface area contributed by atoms with Gasteiger partial charge in [0, 0.05) is 12.0 Å². The Morgan fingerprint density at radius 3 is 2.52 bits per heavy atom. The zero-order valence-corrected chi connectivity index (χ0v) is 26.9. The lowest BCUT2D eigenvalue weighted by molar-refractivity contribution is -0.165. The van der Waals surface area contributed by atoms with E-state index in [1.807, 2.05) is 26.0 Å². The van der Waals surface area contributed by atoms with Gasteiger partial charge in [-0.05, 0) is 75.5 Å². The summed E-state index contributed by atoms with van der Waals surface area (Å²) in [6, 6.07) is 2.70. The van der Waals surface area contributed by atoms with Crippen molar-refractivity contribution in [3.63, 3.8) is 0 Å². The van der Waals surface area contributed by atoms with Crippen LogP contribution in [-0.2, 0) is 45.3 Å². The quantitative estimate of drug-likeness (QED) is 0.270. The van der Waals surface area contributed by atoms with E-state index in [-0.39, 0.29) is 42.6 Å². The number of Topliss-reactive ketones (excluding diaryl/α,β-unsaturated/α-hetero) is 1. The van der Waals surface area contributed by atoms with Crippen LogP contribution in [0.4, 0.5) is 0 Å². The predicted octanol–water partition coefficient (Wildman–Crippen LogP) is 3.14. The number of carbonyl (C=O) groups excluding carboxylic acids is 4. The summed E-state index contributed by atoms with van der Waals surface area (Å²) in [6.07, 6.45) is 2.20. The van der Waals surface area contributed by atoms with E-state index in [9.17, 15) is 34.2 Å². The molecule has 1 heterocycles. The fourth-order valence-corrected chi connectivity index (χ4v) is 7.95. The van der Waals surface area contributed by atoms with Crippen LogP contribution in [0.3, 0.4) is 0 Å². The van der Waals surface area contributed by atoms with E-state index in [2.05, 4.69) is 5.32 Å². The number of amides is 1. The van der Waals surface area contributed by atoms with Crippen LogP contribution in [0, 0.1) is 17.8 Å². The third-order valence-electron chi connectivity index (χ3n) is 9.96. The monoisotopic (exact) mass is 641 g/mol. The number of carbonyl (C=O) groups is 5. The van der Waals surface area contributed by atoms with Crippen LogP contribution in [0.2, 0.25) is 0 Å². The number of hydrogen-bond acceptors (Lipinski definition) is 10. The van der Waals surface area contributed by atoms with Crippen LogP contribution in [0.5, 0.6) is 11.5 Å². The second-order valence-electron chi connectivity index (χ2n) is 13.5. The molecule has 7 atom stereocenters. The van der Waals surface area contributed by atoms with Crippen molar-refractivity contribution in [2.24, 2.45) is 17.8 Å². The van der Waals surface area contributed by atoms with Gasteiger partial charge in [0.05, 0.1) is 30.5 Å². The molecule has 46 heavy (non-hydrogen) atoms. The Morgan fingerprint density at radius 1 is 1.13 bits per heavy atom. The molecular formula is C34H43NO11. The number of aliphatic carboxylic acids is 1. The molecule has 1 aromatic carbocycles. The van der Waals surface area contributed by atoms with E-state index in [1.165, 1.54) is 13.8 Å². The summed E-state index contributed by atoms with van der Waals surface area (Å²) in [7, 11) is 1.55. The van der Waals surface area contributed by atoms with Crippen LogP contribution in [-0.4, -0.2) is 70.8 Å². The summed E-state index contributed by atoms with van der Waals surface area (Å²) in [5.74, 6) is -4.10. The number of aliphatic hydroxyl groups is 1. The van der Waals surface area contributed by atoms with Crippen molar-refractivity contribution >= 4 is 29.6 Å². The molecule has 1 fully saturated rings. The SMILES string of the molecule is COc1ccc2c3c1O[C@@H]1C(OC(=O)C[C@H](CC(C)=O)C(=O)O[C@@H](C)C(=O)N[C@@H](CC(C)C)C(=O)O)=CC[C@]4(O)[C@@H](CCC[C@@]314)C2. The molecule has 3 N–H and O–H groups in total. The Labute approximate surface area is 267 Å². The third kappa shape index (κ3) is 5.76. The fraction of sp³-hybridized carbons (Fsp3) is 0.618. The molecule has 1 saturated carbocycles. The number of rotatable bonds is 13. The highest BCUT2D eigenvalue weighted by atomic mass is 16.6. The smallest absolute Gasteiger partial charge is 0.326 e. The van der Waals surface area contributed by atoms with Crippen molar-refractivity contribution < 1.29 is 53.1 Å². The number of carboxylic acid groups (broad SMARTS) is 1. The Kier molecular flexibility index (Phi) is 9.23. The molecule has 1 amide bonds. The van der Waals surface area contributed by atoms with Crippen molar-refractivity contribution in [2.45, 2.75) is 108 Å². The Morgan fingerprint density at radius 2 is 1.87 bits per heavy atom. The van der Waals surface area contributed by atoms with E-state index in [1.54, 1.807) is 13.2 Å². The van der Waals surface area contributed by atoms with Gasteiger partial charge < -0.3 is 39.3 Å². The first-order valence-electron chi connectivity index (χ1n) is 15.9. The zero-order chi connectivity index (χ0) is 33.6. The van der Waals surface area contributed by atoms with Crippen molar-refractivity contribution in [1.29, 1.82) is 0 Å². The maximum atomic E-state index is 13.4. The minimum Gasteiger partial charge on any atom is -0.493 e. The molecule has 0 radical (unpaired) electrons.